The third-order valence-corrected chi connectivity index (χ3v) is 6.51. The average molecular weight is 516 g/mol. The van der Waals surface area contributed by atoms with Crippen LogP contribution in [0, 0.1) is 11.3 Å². The van der Waals surface area contributed by atoms with E-state index in [0.29, 0.717) is 30.1 Å². The zero-order valence-electron chi connectivity index (χ0n) is 19.0. The molecule has 0 bridgehead atoms. The quantitative estimate of drug-likeness (QED) is 0.390. The van der Waals surface area contributed by atoms with Gasteiger partial charge in [-0.3, -0.25) is 9.78 Å². The van der Waals surface area contributed by atoms with Gasteiger partial charge in [0.2, 0.25) is 0 Å². The molecule has 9 nitrogen and oxygen atoms in total. The van der Waals surface area contributed by atoms with Crippen molar-refractivity contribution in [3.05, 3.63) is 75.2 Å². The molecule has 37 heavy (non-hydrogen) atoms. The van der Waals surface area contributed by atoms with Crippen LogP contribution in [0.5, 0.6) is 0 Å². The van der Waals surface area contributed by atoms with E-state index < -0.39 is 29.9 Å². The molecule has 4 aromatic heterocycles. The summed E-state index contributed by atoms with van der Waals surface area (Å²) in [7, 11) is 0. The molecule has 0 saturated heterocycles. The van der Waals surface area contributed by atoms with Crippen LogP contribution in [0.3, 0.4) is 0 Å². The topological polar surface area (TPSA) is 126 Å². The summed E-state index contributed by atoms with van der Waals surface area (Å²) in [5, 5.41) is 13.7. The van der Waals surface area contributed by atoms with Crippen LogP contribution in [0.2, 0.25) is 0 Å². The van der Waals surface area contributed by atoms with Crippen molar-refractivity contribution in [1.82, 2.24) is 34.7 Å². The van der Waals surface area contributed by atoms with Gasteiger partial charge < -0.3 is 4.98 Å². The first-order chi connectivity index (χ1) is 17.6. The van der Waals surface area contributed by atoms with Crippen LogP contribution in [0.1, 0.15) is 78.2 Å². The maximum Gasteiger partial charge on any atom is 0.433 e. The van der Waals surface area contributed by atoms with Crippen molar-refractivity contribution >= 4 is 11.0 Å². The maximum atomic E-state index is 13.0. The number of hydrogen-bond donors (Lipinski definition) is 1. The molecule has 1 aliphatic rings. The van der Waals surface area contributed by atoms with Gasteiger partial charge in [-0.15, -0.1) is 0 Å². The molecule has 0 amide bonds. The lowest BCUT2D eigenvalue weighted by atomic mass is 9.72. The second-order valence-corrected chi connectivity index (χ2v) is 8.67. The van der Waals surface area contributed by atoms with Gasteiger partial charge in [0, 0.05) is 30.4 Å². The molecule has 0 radical (unpaired) electrons. The average Bonchev–Trinajstić information content (AvgIpc) is 3.22. The fourth-order valence-corrected chi connectivity index (χ4v) is 4.34. The van der Waals surface area contributed by atoms with E-state index in [-0.39, 0.29) is 34.1 Å². The first-order valence-corrected chi connectivity index (χ1v) is 11.1. The first-order valence-electron chi connectivity index (χ1n) is 11.1. The molecule has 0 aliphatic heterocycles. The third-order valence-electron chi connectivity index (χ3n) is 6.51. The van der Waals surface area contributed by atoms with Crippen LogP contribution in [0.4, 0.5) is 22.0 Å². The summed E-state index contributed by atoms with van der Waals surface area (Å²) in [5.41, 5.74) is -1.68. The summed E-state index contributed by atoms with van der Waals surface area (Å²) >= 11 is 0. The van der Waals surface area contributed by atoms with E-state index in [2.05, 4.69) is 30.0 Å². The summed E-state index contributed by atoms with van der Waals surface area (Å²) in [4.78, 5) is 31.8. The molecule has 1 unspecified atom stereocenters. The second kappa shape index (κ2) is 8.99. The number of halogens is 5. The van der Waals surface area contributed by atoms with Crippen LogP contribution in [-0.4, -0.2) is 34.7 Å². The number of pyridine rings is 1. The van der Waals surface area contributed by atoms with Gasteiger partial charge in [-0.05, 0) is 31.4 Å². The highest BCUT2D eigenvalue weighted by molar-refractivity contribution is 5.80. The van der Waals surface area contributed by atoms with Gasteiger partial charge in [-0.25, -0.2) is 28.4 Å². The standard InChI is InChI=1S/C23H17F5N8O/c1-10(11-2-5-16(30-7-11)23(26,27)28)36-21-17(15(6-29)35-36)22(37)34-20(33-21)14-4-3-13(14)19-31-8-12(9-32-19)18(24)25/h2,5,7-10,13-14,18H,3-4H2,1H3,(H,33,34,37)/t10?,13-,14+/m0/s1. The van der Waals surface area contributed by atoms with Crippen LogP contribution >= 0.6 is 0 Å². The lowest BCUT2D eigenvalue weighted by Crippen LogP contribution is -2.28. The zero-order valence-corrected chi connectivity index (χ0v) is 19.0. The van der Waals surface area contributed by atoms with Gasteiger partial charge in [-0.2, -0.15) is 23.5 Å². The van der Waals surface area contributed by atoms with Gasteiger partial charge in [0.25, 0.3) is 12.0 Å². The number of fused-ring (bicyclic) bond motifs is 1. The molecule has 190 valence electrons. The van der Waals surface area contributed by atoms with E-state index >= 15 is 0 Å². The number of aromatic amines is 1. The largest absolute Gasteiger partial charge is 0.433 e. The number of nitriles is 1. The van der Waals surface area contributed by atoms with Gasteiger partial charge in [0.05, 0.1) is 11.6 Å². The number of rotatable bonds is 5. The number of hydrogen-bond acceptors (Lipinski definition) is 7. The first kappa shape index (κ1) is 24.4. The van der Waals surface area contributed by atoms with Crippen LogP contribution < -0.4 is 5.56 Å². The molecule has 14 heteroatoms. The van der Waals surface area contributed by atoms with Crippen molar-refractivity contribution in [1.29, 1.82) is 5.26 Å². The van der Waals surface area contributed by atoms with E-state index in [4.69, 9.17) is 0 Å². The number of H-pyrrole nitrogens is 1. The molecular weight excluding hydrogens is 499 g/mol. The van der Waals surface area contributed by atoms with Gasteiger partial charge >= 0.3 is 6.18 Å². The smallest absolute Gasteiger partial charge is 0.310 e. The molecule has 1 saturated carbocycles. The fraction of sp³-hybridized carbons (Fsp3) is 0.348. The molecule has 5 rings (SSSR count). The summed E-state index contributed by atoms with van der Waals surface area (Å²) in [6, 6.07) is 3.24. The van der Waals surface area contributed by atoms with E-state index in [1.165, 1.54) is 10.7 Å². The molecule has 4 heterocycles. The number of nitrogens with one attached hydrogen (secondary N) is 1. The third kappa shape index (κ3) is 4.30. The minimum atomic E-state index is -4.60. The number of nitrogens with zero attached hydrogens (tertiary/aromatic N) is 7. The van der Waals surface area contributed by atoms with Crippen molar-refractivity contribution in [2.24, 2.45) is 0 Å². The van der Waals surface area contributed by atoms with Crippen LogP contribution in [-0.2, 0) is 6.18 Å². The summed E-state index contributed by atoms with van der Waals surface area (Å²) in [6.45, 7) is 1.63. The van der Waals surface area contributed by atoms with E-state index in [1.807, 2.05) is 6.07 Å². The molecule has 4 aromatic rings. The Bertz CT molecular complexity index is 1550. The fourth-order valence-electron chi connectivity index (χ4n) is 4.34. The van der Waals surface area contributed by atoms with Gasteiger partial charge in [0.15, 0.2) is 11.3 Å². The lowest BCUT2D eigenvalue weighted by Gasteiger charge is -2.34. The van der Waals surface area contributed by atoms with Crippen LogP contribution in [0.25, 0.3) is 11.0 Å². The highest BCUT2D eigenvalue weighted by Gasteiger charge is 2.38. The highest BCUT2D eigenvalue weighted by atomic mass is 19.4. The Kier molecular flexibility index (Phi) is 5.93. The van der Waals surface area contributed by atoms with Crippen molar-refractivity contribution in [2.75, 3.05) is 0 Å². The van der Waals surface area contributed by atoms with Gasteiger partial charge in [0.1, 0.15) is 28.8 Å². The Hall–Kier alpha value is -4.28. The molecule has 1 fully saturated rings. The minimum absolute atomic E-state index is 0.0496. The Morgan fingerprint density at radius 2 is 1.76 bits per heavy atom. The monoisotopic (exact) mass is 516 g/mol. The van der Waals surface area contributed by atoms with E-state index in [1.54, 1.807) is 6.92 Å². The molecule has 1 N–H and O–H groups in total. The number of aromatic nitrogens is 7. The van der Waals surface area contributed by atoms with E-state index in [9.17, 15) is 32.0 Å². The second-order valence-electron chi connectivity index (χ2n) is 8.67. The van der Waals surface area contributed by atoms with Crippen molar-refractivity contribution in [3.63, 3.8) is 0 Å². The van der Waals surface area contributed by atoms with Crippen molar-refractivity contribution in [3.8, 4) is 6.07 Å². The minimum Gasteiger partial charge on any atom is -0.310 e. The predicted molar refractivity (Wildman–Crippen MR) is 118 cm³/mol. The number of alkyl halides is 5. The molecule has 1 aliphatic carbocycles. The van der Waals surface area contributed by atoms with Crippen LogP contribution in [0.15, 0.2) is 35.5 Å². The SMILES string of the molecule is CC(c1ccc(C(F)(F)F)nc1)n1nc(C#N)c2c(=O)[nH]c([C@@H]3CC[C@@H]3c3ncc(C(F)F)cn3)nc21. The molecule has 3 atom stereocenters. The van der Waals surface area contributed by atoms with E-state index in [0.717, 1.165) is 24.7 Å². The Balaban J connectivity index is 1.53. The Labute approximate surface area is 205 Å². The Morgan fingerprint density at radius 1 is 1.08 bits per heavy atom. The molecular formula is C23H17F5N8O. The van der Waals surface area contributed by atoms with Crippen molar-refractivity contribution in [2.45, 2.75) is 50.2 Å². The lowest BCUT2D eigenvalue weighted by molar-refractivity contribution is -0.141. The van der Waals surface area contributed by atoms with Crippen molar-refractivity contribution < 1.29 is 22.0 Å². The summed E-state index contributed by atoms with van der Waals surface area (Å²) in [5.74, 6) is 0.0552. The summed E-state index contributed by atoms with van der Waals surface area (Å²) in [6.07, 6.45) is -2.83. The predicted octanol–water partition coefficient (Wildman–Crippen LogP) is 4.40. The highest BCUT2D eigenvalue weighted by Crippen LogP contribution is 2.46. The van der Waals surface area contributed by atoms with Gasteiger partial charge in [-0.1, -0.05) is 6.07 Å². The maximum absolute atomic E-state index is 13.0. The normalized spacial score (nSPS) is 18.5. The zero-order chi connectivity index (χ0) is 26.5. The molecule has 0 aromatic carbocycles. The summed E-state index contributed by atoms with van der Waals surface area (Å²) < 4.78 is 65.7. The molecule has 0 spiro atoms. The Morgan fingerprint density at radius 3 is 2.30 bits per heavy atom.